The van der Waals surface area contributed by atoms with Gasteiger partial charge in [-0.25, -0.2) is 0 Å². The molecule has 0 aliphatic carbocycles. The second-order valence-corrected chi connectivity index (χ2v) is 5.06. The molecule has 4 heteroatoms. The van der Waals surface area contributed by atoms with Crippen molar-refractivity contribution in [2.24, 2.45) is 0 Å². The Bertz CT molecular complexity index is 562. The van der Waals surface area contributed by atoms with Crippen LogP contribution < -0.4 is 9.47 Å². The third kappa shape index (κ3) is 1.98. The highest BCUT2D eigenvalue weighted by atomic mass is 32.1. The van der Waals surface area contributed by atoms with Crippen molar-refractivity contribution in [3.63, 3.8) is 0 Å². The van der Waals surface area contributed by atoms with Gasteiger partial charge in [-0.05, 0) is 46.5 Å². The van der Waals surface area contributed by atoms with E-state index in [2.05, 4.69) is 0 Å². The molecule has 3 rings (SSSR count). The zero-order valence-electron chi connectivity index (χ0n) is 10.1. The topological polar surface area (TPSA) is 38.7 Å². The van der Waals surface area contributed by atoms with Crippen LogP contribution >= 0.6 is 11.3 Å². The second-order valence-electron chi connectivity index (χ2n) is 4.32. The maximum absolute atomic E-state index is 10.4. The molecule has 0 amide bonds. The summed E-state index contributed by atoms with van der Waals surface area (Å²) < 4.78 is 11.0. The summed E-state index contributed by atoms with van der Waals surface area (Å²) in [6.07, 6.45) is -0.605. The van der Waals surface area contributed by atoms with Gasteiger partial charge in [0, 0.05) is 0 Å². The summed E-state index contributed by atoms with van der Waals surface area (Å²) >= 11 is 1.60. The third-order valence-corrected chi connectivity index (χ3v) is 3.95. The number of benzene rings is 1. The molecular formula is C14H14O3S. The molecule has 1 aromatic carbocycles. The molecule has 0 saturated heterocycles. The Morgan fingerprint density at radius 1 is 1.17 bits per heavy atom. The lowest BCUT2D eigenvalue weighted by Gasteiger charge is -2.20. The Kier molecular flexibility index (Phi) is 2.97. The molecule has 2 heterocycles. The van der Waals surface area contributed by atoms with E-state index in [-0.39, 0.29) is 0 Å². The van der Waals surface area contributed by atoms with Crippen LogP contribution in [0.25, 0.3) is 0 Å². The smallest absolute Gasteiger partial charge is 0.161 e. The lowest BCUT2D eigenvalue weighted by atomic mass is 10.0. The number of thiophene rings is 1. The minimum absolute atomic E-state index is 0.560. The SMILES string of the molecule is Cc1cscc1C(O)c1ccc2c(c1)OCCO2. The van der Waals surface area contributed by atoms with Crippen molar-refractivity contribution in [2.45, 2.75) is 13.0 Å². The van der Waals surface area contributed by atoms with E-state index in [0.717, 1.165) is 22.4 Å². The first kappa shape index (κ1) is 11.6. The van der Waals surface area contributed by atoms with E-state index in [4.69, 9.17) is 9.47 Å². The Labute approximate surface area is 110 Å². The number of rotatable bonds is 2. The van der Waals surface area contributed by atoms with Crippen LogP contribution in [-0.2, 0) is 0 Å². The first-order valence-electron chi connectivity index (χ1n) is 5.86. The van der Waals surface area contributed by atoms with Gasteiger partial charge in [-0.1, -0.05) is 6.07 Å². The molecule has 0 saturated carbocycles. The van der Waals surface area contributed by atoms with Crippen molar-refractivity contribution in [3.05, 3.63) is 45.6 Å². The third-order valence-electron chi connectivity index (χ3n) is 3.07. The number of aryl methyl sites for hydroxylation is 1. The van der Waals surface area contributed by atoms with E-state index < -0.39 is 6.10 Å². The Balaban J connectivity index is 1.95. The van der Waals surface area contributed by atoms with Gasteiger partial charge in [-0.15, -0.1) is 0 Å². The molecule has 0 bridgehead atoms. The molecule has 1 aliphatic rings. The highest BCUT2D eigenvalue weighted by molar-refractivity contribution is 7.08. The summed E-state index contributed by atoms with van der Waals surface area (Å²) in [4.78, 5) is 0. The van der Waals surface area contributed by atoms with Gasteiger partial charge in [0.25, 0.3) is 0 Å². The molecule has 1 atom stereocenters. The van der Waals surface area contributed by atoms with Crippen LogP contribution in [0.1, 0.15) is 22.8 Å². The predicted molar refractivity (Wildman–Crippen MR) is 70.5 cm³/mol. The maximum atomic E-state index is 10.4. The number of hydrogen-bond donors (Lipinski definition) is 1. The van der Waals surface area contributed by atoms with E-state index in [1.165, 1.54) is 0 Å². The van der Waals surface area contributed by atoms with E-state index in [9.17, 15) is 5.11 Å². The van der Waals surface area contributed by atoms with Crippen LogP contribution in [0, 0.1) is 6.92 Å². The largest absolute Gasteiger partial charge is 0.486 e. The fraction of sp³-hybridized carbons (Fsp3) is 0.286. The van der Waals surface area contributed by atoms with E-state index >= 15 is 0 Å². The molecule has 2 aromatic rings. The summed E-state index contributed by atoms with van der Waals surface area (Å²) in [6.45, 7) is 3.15. The number of fused-ring (bicyclic) bond motifs is 1. The molecule has 0 radical (unpaired) electrons. The van der Waals surface area contributed by atoms with Gasteiger partial charge >= 0.3 is 0 Å². The highest BCUT2D eigenvalue weighted by Gasteiger charge is 2.18. The lowest BCUT2D eigenvalue weighted by molar-refractivity contribution is 0.169. The average molecular weight is 262 g/mol. The van der Waals surface area contributed by atoms with Crippen LogP contribution in [0.4, 0.5) is 0 Å². The Morgan fingerprint density at radius 3 is 2.67 bits per heavy atom. The van der Waals surface area contributed by atoms with Gasteiger partial charge in [-0.3, -0.25) is 0 Å². The summed E-state index contributed by atoms with van der Waals surface area (Å²) in [5, 5.41) is 14.4. The summed E-state index contributed by atoms with van der Waals surface area (Å²) in [7, 11) is 0. The zero-order valence-corrected chi connectivity index (χ0v) is 10.9. The Morgan fingerprint density at radius 2 is 1.94 bits per heavy atom. The van der Waals surface area contributed by atoms with Gasteiger partial charge < -0.3 is 14.6 Å². The zero-order chi connectivity index (χ0) is 12.5. The monoisotopic (exact) mass is 262 g/mol. The first-order valence-corrected chi connectivity index (χ1v) is 6.80. The standard InChI is InChI=1S/C14H14O3S/c1-9-7-18-8-11(9)14(15)10-2-3-12-13(6-10)17-5-4-16-12/h2-3,6-8,14-15H,4-5H2,1H3. The fourth-order valence-corrected chi connectivity index (χ4v) is 2.93. The van der Waals surface area contributed by atoms with Gasteiger partial charge in [0.2, 0.25) is 0 Å². The van der Waals surface area contributed by atoms with Gasteiger partial charge in [0.05, 0.1) is 0 Å². The molecule has 94 valence electrons. The van der Waals surface area contributed by atoms with Crippen LogP contribution in [-0.4, -0.2) is 18.3 Å². The van der Waals surface area contributed by atoms with E-state index in [0.29, 0.717) is 19.0 Å². The Hall–Kier alpha value is -1.52. The first-order chi connectivity index (χ1) is 8.75. The predicted octanol–water partition coefficient (Wildman–Crippen LogP) is 2.91. The molecule has 0 spiro atoms. The van der Waals surface area contributed by atoms with Crippen LogP contribution in [0.5, 0.6) is 11.5 Å². The normalized spacial score (nSPS) is 15.4. The highest BCUT2D eigenvalue weighted by Crippen LogP contribution is 2.35. The van der Waals surface area contributed by atoms with Crippen molar-refractivity contribution in [1.29, 1.82) is 0 Å². The maximum Gasteiger partial charge on any atom is 0.161 e. The molecule has 1 aromatic heterocycles. The van der Waals surface area contributed by atoms with Gasteiger partial charge in [-0.2, -0.15) is 11.3 Å². The number of aliphatic hydroxyl groups is 1. The van der Waals surface area contributed by atoms with E-state index in [1.807, 2.05) is 35.9 Å². The lowest BCUT2D eigenvalue weighted by Crippen LogP contribution is -2.15. The minimum Gasteiger partial charge on any atom is -0.486 e. The average Bonchev–Trinajstić information content (AvgIpc) is 2.83. The molecule has 1 unspecified atom stereocenters. The fourth-order valence-electron chi connectivity index (χ4n) is 2.06. The molecule has 0 fully saturated rings. The minimum atomic E-state index is -0.605. The molecule has 18 heavy (non-hydrogen) atoms. The molecule has 1 aliphatic heterocycles. The summed E-state index contributed by atoms with van der Waals surface area (Å²) in [5.41, 5.74) is 2.90. The number of aliphatic hydroxyl groups excluding tert-OH is 1. The van der Waals surface area contributed by atoms with E-state index in [1.54, 1.807) is 11.3 Å². The quantitative estimate of drug-likeness (QED) is 0.904. The van der Waals surface area contributed by atoms with Gasteiger partial charge in [0.15, 0.2) is 11.5 Å². The van der Waals surface area contributed by atoms with Crippen molar-refractivity contribution in [2.75, 3.05) is 13.2 Å². The molecular weight excluding hydrogens is 248 g/mol. The van der Waals surface area contributed by atoms with Crippen molar-refractivity contribution < 1.29 is 14.6 Å². The number of ether oxygens (including phenoxy) is 2. The van der Waals surface area contributed by atoms with Crippen molar-refractivity contribution in [3.8, 4) is 11.5 Å². The molecule has 3 nitrogen and oxygen atoms in total. The second kappa shape index (κ2) is 4.63. The van der Waals surface area contributed by atoms with Gasteiger partial charge in [0.1, 0.15) is 19.3 Å². The number of hydrogen-bond acceptors (Lipinski definition) is 4. The molecule has 1 N–H and O–H groups in total. The van der Waals surface area contributed by atoms with Crippen molar-refractivity contribution in [1.82, 2.24) is 0 Å². The van der Waals surface area contributed by atoms with Crippen molar-refractivity contribution >= 4 is 11.3 Å². The summed E-state index contributed by atoms with van der Waals surface area (Å²) in [6, 6.07) is 5.60. The van der Waals surface area contributed by atoms with Crippen LogP contribution in [0.2, 0.25) is 0 Å². The van der Waals surface area contributed by atoms with Crippen LogP contribution in [0.3, 0.4) is 0 Å². The van der Waals surface area contributed by atoms with Crippen LogP contribution in [0.15, 0.2) is 29.0 Å². The summed E-state index contributed by atoms with van der Waals surface area (Å²) in [5.74, 6) is 1.46.